The van der Waals surface area contributed by atoms with E-state index in [4.69, 9.17) is 9.47 Å². The first kappa shape index (κ1) is 17.7. The molecule has 2 aliphatic heterocycles. The lowest BCUT2D eigenvalue weighted by molar-refractivity contribution is -0.157. The van der Waals surface area contributed by atoms with E-state index >= 15 is 0 Å². The summed E-state index contributed by atoms with van der Waals surface area (Å²) >= 11 is 0. The number of hydrogen-bond donors (Lipinski definition) is 0. The molecule has 0 aromatic rings. The highest BCUT2D eigenvalue weighted by Gasteiger charge is 2.30. The zero-order chi connectivity index (χ0) is 16.2. The zero-order valence-corrected chi connectivity index (χ0v) is 14.6. The van der Waals surface area contributed by atoms with Crippen LogP contribution in [0.4, 0.5) is 0 Å². The lowest BCUT2D eigenvalue weighted by Gasteiger charge is -2.39. The van der Waals surface area contributed by atoms with Crippen molar-refractivity contribution < 1.29 is 14.3 Å². The standard InChI is InChI=1S/C17H32N2O3/c1-5-18(12-16(20)22-17(2,3)4)14-6-9-19(10-7-14)15-8-11-21-13-15/h14-15H,5-13H2,1-4H3. The van der Waals surface area contributed by atoms with Crippen LogP contribution < -0.4 is 0 Å². The summed E-state index contributed by atoms with van der Waals surface area (Å²) < 4.78 is 10.9. The Morgan fingerprint density at radius 3 is 2.45 bits per heavy atom. The van der Waals surface area contributed by atoms with E-state index in [2.05, 4.69) is 16.7 Å². The number of esters is 1. The van der Waals surface area contributed by atoms with E-state index in [1.807, 2.05) is 20.8 Å². The van der Waals surface area contributed by atoms with Crippen LogP contribution in [0.15, 0.2) is 0 Å². The highest BCUT2D eigenvalue weighted by Crippen LogP contribution is 2.22. The van der Waals surface area contributed by atoms with Crippen LogP contribution in [0.2, 0.25) is 0 Å². The summed E-state index contributed by atoms with van der Waals surface area (Å²) in [6.07, 6.45) is 3.43. The maximum atomic E-state index is 12.1. The molecule has 0 N–H and O–H groups in total. The third-order valence-electron chi connectivity index (χ3n) is 4.60. The zero-order valence-electron chi connectivity index (χ0n) is 14.6. The lowest BCUT2D eigenvalue weighted by atomic mass is 10.0. The van der Waals surface area contributed by atoms with Gasteiger partial charge in [0.1, 0.15) is 5.60 Å². The van der Waals surface area contributed by atoms with E-state index in [1.165, 1.54) is 6.42 Å². The number of nitrogens with zero attached hydrogens (tertiary/aromatic N) is 2. The fourth-order valence-electron chi connectivity index (χ4n) is 3.46. The van der Waals surface area contributed by atoms with Gasteiger partial charge in [-0.05, 0) is 46.6 Å². The van der Waals surface area contributed by atoms with Gasteiger partial charge in [-0.15, -0.1) is 0 Å². The number of ether oxygens (including phenoxy) is 2. The second kappa shape index (κ2) is 7.75. The van der Waals surface area contributed by atoms with E-state index in [0.717, 1.165) is 45.7 Å². The number of carbonyl (C=O) groups excluding carboxylic acids is 1. The first-order valence-electron chi connectivity index (χ1n) is 8.66. The average molecular weight is 312 g/mol. The van der Waals surface area contributed by atoms with Gasteiger partial charge >= 0.3 is 5.97 Å². The van der Waals surface area contributed by atoms with Gasteiger partial charge in [-0.3, -0.25) is 14.6 Å². The first-order valence-corrected chi connectivity index (χ1v) is 8.66. The Kier molecular flexibility index (Phi) is 6.24. The van der Waals surface area contributed by atoms with Crippen molar-refractivity contribution in [3.05, 3.63) is 0 Å². The average Bonchev–Trinajstić information content (AvgIpc) is 2.97. The predicted molar refractivity (Wildman–Crippen MR) is 86.9 cm³/mol. The monoisotopic (exact) mass is 312 g/mol. The molecule has 0 saturated carbocycles. The van der Waals surface area contributed by atoms with Gasteiger partial charge in [-0.1, -0.05) is 6.92 Å². The molecule has 5 heteroatoms. The number of carbonyl (C=O) groups is 1. The van der Waals surface area contributed by atoms with Crippen molar-refractivity contribution >= 4 is 5.97 Å². The van der Waals surface area contributed by atoms with Crippen molar-refractivity contribution in [2.45, 2.75) is 64.6 Å². The van der Waals surface area contributed by atoms with Crippen LogP contribution >= 0.6 is 0 Å². The third kappa shape index (κ3) is 5.21. The first-order chi connectivity index (χ1) is 10.4. The normalized spacial score (nSPS) is 24.9. The maximum Gasteiger partial charge on any atom is 0.320 e. The lowest BCUT2D eigenvalue weighted by Crippen LogP contribution is -2.49. The van der Waals surface area contributed by atoms with Crippen LogP contribution in [-0.2, 0) is 14.3 Å². The minimum atomic E-state index is -0.400. The molecule has 2 rings (SSSR count). The molecule has 2 saturated heterocycles. The quantitative estimate of drug-likeness (QED) is 0.725. The van der Waals surface area contributed by atoms with Gasteiger partial charge in [-0.25, -0.2) is 0 Å². The SMILES string of the molecule is CCN(CC(=O)OC(C)(C)C)C1CCN(C2CCOC2)CC1. The highest BCUT2D eigenvalue weighted by atomic mass is 16.6. The molecule has 0 spiro atoms. The van der Waals surface area contributed by atoms with E-state index in [-0.39, 0.29) is 5.97 Å². The molecular weight excluding hydrogens is 280 g/mol. The summed E-state index contributed by atoms with van der Waals surface area (Å²) in [6, 6.07) is 1.11. The minimum Gasteiger partial charge on any atom is -0.459 e. The van der Waals surface area contributed by atoms with Gasteiger partial charge < -0.3 is 9.47 Å². The van der Waals surface area contributed by atoms with Crippen molar-refractivity contribution in [3.8, 4) is 0 Å². The summed E-state index contributed by atoms with van der Waals surface area (Å²) in [6.45, 7) is 13.2. The number of likely N-dealkylation sites (tertiary alicyclic amines) is 1. The van der Waals surface area contributed by atoms with E-state index in [1.54, 1.807) is 0 Å². The van der Waals surface area contributed by atoms with Gasteiger partial charge in [-0.2, -0.15) is 0 Å². The van der Waals surface area contributed by atoms with Gasteiger partial charge in [0.25, 0.3) is 0 Å². The molecule has 2 aliphatic rings. The number of likely N-dealkylation sites (N-methyl/N-ethyl adjacent to an activating group) is 1. The third-order valence-corrected chi connectivity index (χ3v) is 4.60. The van der Waals surface area contributed by atoms with Crippen LogP contribution in [0, 0.1) is 0 Å². The van der Waals surface area contributed by atoms with Crippen LogP contribution in [0.1, 0.15) is 47.0 Å². The van der Waals surface area contributed by atoms with Gasteiger partial charge in [0.2, 0.25) is 0 Å². The van der Waals surface area contributed by atoms with Crippen molar-refractivity contribution in [3.63, 3.8) is 0 Å². The summed E-state index contributed by atoms with van der Waals surface area (Å²) in [5.41, 5.74) is -0.400. The molecule has 0 bridgehead atoms. The Morgan fingerprint density at radius 2 is 1.95 bits per heavy atom. The molecule has 0 aliphatic carbocycles. The maximum absolute atomic E-state index is 12.1. The van der Waals surface area contributed by atoms with E-state index in [0.29, 0.717) is 18.6 Å². The minimum absolute atomic E-state index is 0.110. The van der Waals surface area contributed by atoms with Crippen molar-refractivity contribution in [1.82, 2.24) is 9.80 Å². The van der Waals surface area contributed by atoms with Crippen molar-refractivity contribution in [2.24, 2.45) is 0 Å². The topological polar surface area (TPSA) is 42.0 Å². The fraction of sp³-hybridized carbons (Fsp3) is 0.941. The Morgan fingerprint density at radius 1 is 1.27 bits per heavy atom. The molecule has 1 atom stereocenters. The Hall–Kier alpha value is -0.650. The smallest absolute Gasteiger partial charge is 0.320 e. The molecule has 1 unspecified atom stereocenters. The molecule has 0 radical (unpaired) electrons. The number of rotatable bonds is 5. The van der Waals surface area contributed by atoms with Gasteiger partial charge in [0, 0.05) is 31.8 Å². The van der Waals surface area contributed by atoms with E-state index < -0.39 is 5.60 Å². The second-order valence-electron chi connectivity index (χ2n) is 7.43. The molecule has 0 aromatic heterocycles. The number of piperidine rings is 1. The van der Waals surface area contributed by atoms with Crippen LogP contribution in [0.5, 0.6) is 0 Å². The van der Waals surface area contributed by atoms with Crippen LogP contribution in [0.3, 0.4) is 0 Å². The predicted octanol–water partition coefficient (Wildman–Crippen LogP) is 1.90. The molecule has 22 heavy (non-hydrogen) atoms. The van der Waals surface area contributed by atoms with Crippen molar-refractivity contribution in [2.75, 3.05) is 39.4 Å². The van der Waals surface area contributed by atoms with Crippen LogP contribution in [-0.4, -0.2) is 72.8 Å². The summed E-state index contributed by atoms with van der Waals surface area (Å²) in [7, 11) is 0. The molecule has 128 valence electrons. The van der Waals surface area contributed by atoms with Gasteiger partial charge in [0.05, 0.1) is 13.2 Å². The summed E-state index contributed by atoms with van der Waals surface area (Å²) in [5, 5.41) is 0. The summed E-state index contributed by atoms with van der Waals surface area (Å²) in [5.74, 6) is -0.110. The molecule has 2 heterocycles. The van der Waals surface area contributed by atoms with Crippen molar-refractivity contribution in [1.29, 1.82) is 0 Å². The second-order valence-corrected chi connectivity index (χ2v) is 7.43. The highest BCUT2D eigenvalue weighted by molar-refractivity contribution is 5.72. The van der Waals surface area contributed by atoms with Gasteiger partial charge in [0.15, 0.2) is 0 Å². The molecular formula is C17H32N2O3. The fourth-order valence-corrected chi connectivity index (χ4v) is 3.46. The molecule has 0 amide bonds. The van der Waals surface area contributed by atoms with Crippen LogP contribution in [0.25, 0.3) is 0 Å². The Labute approximate surface area is 134 Å². The molecule has 0 aromatic carbocycles. The number of hydrogen-bond acceptors (Lipinski definition) is 5. The largest absolute Gasteiger partial charge is 0.459 e. The Bertz CT molecular complexity index is 353. The summed E-state index contributed by atoms with van der Waals surface area (Å²) in [4.78, 5) is 16.9. The van der Waals surface area contributed by atoms with E-state index in [9.17, 15) is 4.79 Å². The Balaban J connectivity index is 1.78. The molecule has 2 fully saturated rings. The molecule has 5 nitrogen and oxygen atoms in total.